The molecule has 0 rings (SSSR count). The van der Waals surface area contributed by atoms with Gasteiger partial charge in [-0.2, -0.15) is 0 Å². The van der Waals surface area contributed by atoms with Crippen molar-refractivity contribution in [3.05, 3.63) is 0 Å². The monoisotopic (exact) mass is 135 g/mol. The van der Waals surface area contributed by atoms with Crippen molar-refractivity contribution in [3.8, 4) is 0 Å². The zero-order valence-corrected chi connectivity index (χ0v) is 5.42. The second-order valence-corrected chi connectivity index (χ2v) is 2.31. The minimum atomic E-state index is 0.586. The highest BCUT2D eigenvalue weighted by Crippen LogP contribution is 1.92. The summed E-state index contributed by atoms with van der Waals surface area (Å²) in [6.45, 7) is 0. The topological polar surface area (TPSA) is 32.6 Å². The predicted molar refractivity (Wildman–Crippen MR) is 36.4 cm³/mol. The molecule has 0 unspecified atom stereocenters. The standard InChI is InChI=1S/C3H5NOS2/c1-7-3(6)2-4-5/h2,5H,1H3. The molecular formula is C3H5NOS2. The molecule has 0 fully saturated rings. The molecule has 0 atom stereocenters. The second kappa shape index (κ2) is 4.08. The van der Waals surface area contributed by atoms with Crippen LogP contribution in [0.4, 0.5) is 0 Å². The maximum absolute atomic E-state index is 7.84. The first-order valence-corrected chi connectivity index (χ1v) is 3.20. The fourth-order valence-electron chi connectivity index (χ4n) is 0.0998. The van der Waals surface area contributed by atoms with Gasteiger partial charge in [-0.1, -0.05) is 17.4 Å². The van der Waals surface area contributed by atoms with Crippen molar-refractivity contribution in [1.29, 1.82) is 0 Å². The Labute approximate surface area is 51.6 Å². The van der Waals surface area contributed by atoms with Crippen molar-refractivity contribution in [3.63, 3.8) is 0 Å². The number of oxime groups is 1. The summed E-state index contributed by atoms with van der Waals surface area (Å²) >= 11 is 5.98. The van der Waals surface area contributed by atoms with E-state index >= 15 is 0 Å². The van der Waals surface area contributed by atoms with Gasteiger partial charge in [-0.25, -0.2) is 0 Å². The summed E-state index contributed by atoms with van der Waals surface area (Å²) in [5.41, 5.74) is 0. The largest absolute Gasteiger partial charge is 0.411 e. The van der Waals surface area contributed by atoms with Crippen LogP contribution >= 0.6 is 24.0 Å². The number of hydrogen-bond donors (Lipinski definition) is 1. The van der Waals surface area contributed by atoms with Crippen LogP contribution in [0.15, 0.2) is 5.16 Å². The molecule has 0 saturated heterocycles. The summed E-state index contributed by atoms with van der Waals surface area (Å²) in [4.78, 5) is 0. The SMILES string of the molecule is CSC(=S)C=NO. The normalized spacial score (nSPS) is 9.86. The molecule has 0 bridgehead atoms. The van der Waals surface area contributed by atoms with E-state index in [1.165, 1.54) is 18.0 Å². The van der Waals surface area contributed by atoms with E-state index in [9.17, 15) is 0 Å². The van der Waals surface area contributed by atoms with Crippen LogP contribution in [0.1, 0.15) is 0 Å². The van der Waals surface area contributed by atoms with E-state index in [2.05, 4.69) is 17.4 Å². The average Bonchev–Trinajstić information content (AvgIpc) is 1.68. The highest BCUT2D eigenvalue weighted by atomic mass is 32.2. The summed E-state index contributed by atoms with van der Waals surface area (Å²) in [5.74, 6) is 0. The molecule has 0 aliphatic carbocycles. The molecular weight excluding hydrogens is 130 g/mol. The third-order valence-electron chi connectivity index (χ3n) is 0.364. The van der Waals surface area contributed by atoms with Crippen LogP contribution in [0.3, 0.4) is 0 Å². The predicted octanol–water partition coefficient (Wildman–Crippen LogP) is 1.14. The molecule has 0 aliphatic rings. The van der Waals surface area contributed by atoms with E-state index < -0.39 is 0 Å². The number of thiocarbonyl (C=S) groups is 1. The Morgan fingerprint density at radius 2 is 2.57 bits per heavy atom. The Bertz CT molecular complexity index is 90.9. The Hall–Kier alpha value is -0.0900. The molecule has 4 heteroatoms. The molecule has 0 radical (unpaired) electrons. The van der Waals surface area contributed by atoms with Crippen molar-refractivity contribution >= 4 is 34.4 Å². The van der Waals surface area contributed by atoms with Gasteiger partial charge in [0.25, 0.3) is 0 Å². The molecule has 0 amide bonds. The van der Waals surface area contributed by atoms with Crippen molar-refractivity contribution < 1.29 is 5.21 Å². The van der Waals surface area contributed by atoms with Crippen molar-refractivity contribution in [2.24, 2.45) is 5.16 Å². The van der Waals surface area contributed by atoms with E-state index in [-0.39, 0.29) is 0 Å². The Morgan fingerprint density at radius 1 is 2.00 bits per heavy atom. The van der Waals surface area contributed by atoms with Gasteiger partial charge >= 0.3 is 0 Å². The smallest absolute Gasteiger partial charge is 0.0919 e. The van der Waals surface area contributed by atoms with Crippen LogP contribution in [-0.4, -0.2) is 21.9 Å². The highest BCUT2D eigenvalue weighted by Gasteiger charge is 1.81. The number of thioether (sulfide) groups is 1. The first-order valence-electron chi connectivity index (χ1n) is 1.56. The van der Waals surface area contributed by atoms with Gasteiger partial charge in [-0.05, 0) is 6.26 Å². The lowest BCUT2D eigenvalue weighted by Gasteiger charge is -1.80. The summed E-state index contributed by atoms with van der Waals surface area (Å²) in [6.07, 6.45) is 3.05. The molecule has 0 saturated carbocycles. The summed E-state index contributed by atoms with van der Waals surface area (Å²) in [6, 6.07) is 0. The van der Waals surface area contributed by atoms with Crippen LogP contribution in [0.2, 0.25) is 0 Å². The Kier molecular flexibility index (Phi) is 4.03. The number of rotatable bonds is 1. The molecule has 0 heterocycles. The average molecular weight is 135 g/mol. The van der Waals surface area contributed by atoms with Crippen molar-refractivity contribution in [2.75, 3.05) is 6.26 Å². The van der Waals surface area contributed by atoms with E-state index in [4.69, 9.17) is 5.21 Å². The van der Waals surface area contributed by atoms with Gasteiger partial charge in [0.1, 0.15) is 0 Å². The third kappa shape index (κ3) is 3.75. The quantitative estimate of drug-likeness (QED) is 0.253. The van der Waals surface area contributed by atoms with Crippen molar-refractivity contribution in [2.45, 2.75) is 0 Å². The lowest BCUT2D eigenvalue weighted by molar-refractivity contribution is 0.322. The summed E-state index contributed by atoms with van der Waals surface area (Å²) in [5, 5.41) is 10.6. The molecule has 2 nitrogen and oxygen atoms in total. The van der Waals surface area contributed by atoms with Crippen LogP contribution in [-0.2, 0) is 0 Å². The van der Waals surface area contributed by atoms with Gasteiger partial charge in [0.05, 0.1) is 10.4 Å². The van der Waals surface area contributed by atoms with E-state index in [1.54, 1.807) is 0 Å². The Balaban J connectivity index is 3.37. The lowest BCUT2D eigenvalue weighted by Crippen LogP contribution is -1.84. The first-order chi connectivity index (χ1) is 3.31. The van der Waals surface area contributed by atoms with E-state index in [0.717, 1.165) is 0 Å². The van der Waals surface area contributed by atoms with Crippen LogP contribution in [0.25, 0.3) is 0 Å². The van der Waals surface area contributed by atoms with Crippen molar-refractivity contribution in [1.82, 2.24) is 0 Å². The molecule has 0 aromatic carbocycles. The van der Waals surface area contributed by atoms with E-state index in [1.807, 2.05) is 6.26 Å². The molecule has 0 aromatic rings. The fourth-order valence-corrected chi connectivity index (χ4v) is 0.300. The van der Waals surface area contributed by atoms with Crippen LogP contribution < -0.4 is 0 Å². The maximum Gasteiger partial charge on any atom is 0.0919 e. The molecule has 0 aromatic heterocycles. The van der Waals surface area contributed by atoms with Gasteiger partial charge in [0.15, 0.2) is 0 Å². The molecule has 1 N–H and O–H groups in total. The van der Waals surface area contributed by atoms with Gasteiger partial charge in [-0.15, -0.1) is 11.8 Å². The molecule has 0 spiro atoms. The number of hydrogen-bond acceptors (Lipinski definition) is 4. The van der Waals surface area contributed by atoms with Gasteiger partial charge in [0, 0.05) is 0 Å². The number of nitrogens with zero attached hydrogens (tertiary/aromatic N) is 1. The lowest BCUT2D eigenvalue weighted by atomic mass is 10.9. The van der Waals surface area contributed by atoms with Gasteiger partial charge in [0.2, 0.25) is 0 Å². The fraction of sp³-hybridized carbons (Fsp3) is 0.333. The van der Waals surface area contributed by atoms with Crippen LogP contribution in [0.5, 0.6) is 0 Å². The third-order valence-corrected chi connectivity index (χ3v) is 1.48. The summed E-state index contributed by atoms with van der Waals surface area (Å²) in [7, 11) is 0. The zero-order valence-electron chi connectivity index (χ0n) is 3.79. The minimum absolute atomic E-state index is 0.586. The first kappa shape index (κ1) is 6.91. The Morgan fingerprint density at radius 3 is 2.71 bits per heavy atom. The van der Waals surface area contributed by atoms with Gasteiger partial charge < -0.3 is 5.21 Å². The van der Waals surface area contributed by atoms with Gasteiger partial charge in [-0.3, -0.25) is 0 Å². The molecule has 40 valence electrons. The van der Waals surface area contributed by atoms with E-state index in [0.29, 0.717) is 4.20 Å². The van der Waals surface area contributed by atoms with Crippen LogP contribution in [0, 0.1) is 0 Å². The molecule has 0 aliphatic heterocycles. The maximum atomic E-state index is 7.84. The highest BCUT2D eigenvalue weighted by molar-refractivity contribution is 8.24. The second-order valence-electron chi connectivity index (χ2n) is 0.768. The molecule has 7 heavy (non-hydrogen) atoms. The minimum Gasteiger partial charge on any atom is -0.411 e. The zero-order chi connectivity index (χ0) is 5.70. The summed E-state index contributed by atoms with van der Waals surface area (Å²) < 4.78 is 0.586.